The molecular formula is C11H8BrClF3NS. The first-order chi connectivity index (χ1) is 8.30. The number of rotatable bonds is 1. The fraction of sp³-hybridized carbons (Fsp3) is 0.273. The van der Waals surface area contributed by atoms with Gasteiger partial charge in [0.15, 0.2) is 0 Å². The average molecular weight is 359 g/mol. The second-order valence-corrected chi connectivity index (χ2v) is 6.18. The molecule has 1 aromatic carbocycles. The zero-order valence-electron chi connectivity index (χ0n) is 9.13. The second kappa shape index (κ2) is 4.98. The van der Waals surface area contributed by atoms with E-state index in [-0.39, 0.29) is 5.37 Å². The molecule has 0 saturated heterocycles. The lowest BCUT2D eigenvalue weighted by atomic mass is 10.2. The van der Waals surface area contributed by atoms with Gasteiger partial charge in [-0.05, 0) is 41.1 Å². The van der Waals surface area contributed by atoms with Crippen LogP contribution in [0.15, 0.2) is 33.8 Å². The van der Waals surface area contributed by atoms with E-state index in [2.05, 4.69) is 15.9 Å². The van der Waals surface area contributed by atoms with E-state index < -0.39 is 11.9 Å². The summed E-state index contributed by atoms with van der Waals surface area (Å²) in [7, 11) is 0. The maximum Gasteiger partial charge on any atom is 0.431 e. The first-order valence-electron chi connectivity index (χ1n) is 4.98. The van der Waals surface area contributed by atoms with Crippen LogP contribution >= 0.6 is 39.3 Å². The molecule has 1 nitrogen and oxygen atoms in total. The van der Waals surface area contributed by atoms with Gasteiger partial charge in [-0.2, -0.15) is 13.2 Å². The van der Waals surface area contributed by atoms with Crippen molar-refractivity contribution >= 4 is 45.0 Å². The minimum atomic E-state index is -4.36. The monoisotopic (exact) mass is 357 g/mol. The van der Waals surface area contributed by atoms with Gasteiger partial charge in [0.05, 0.1) is 11.1 Å². The van der Waals surface area contributed by atoms with Gasteiger partial charge in [-0.1, -0.05) is 11.6 Å². The molecule has 0 saturated carbocycles. The Morgan fingerprint density at radius 3 is 2.61 bits per heavy atom. The molecule has 1 atom stereocenters. The third-order valence-corrected chi connectivity index (χ3v) is 4.29. The summed E-state index contributed by atoms with van der Waals surface area (Å²) in [6.45, 7) is 1.72. The predicted octanol–water partition coefficient (Wildman–Crippen LogP) is 5.41. The summed E-state index contributed by atoms with van der Waals surface area (Å²) in [6.07, 6.45) is -4.36. The molecule has 1 aliphatic rings. The molecule has 0 fully saturated rings. The number of benzene rings is 1. The Bertz CT molecular complexity index is 504. The van der Waals surface area contributed by atoms with E-state index in [1.54, 1.807) is 25.1 Å². The van der Waals surface area contributed by atoms with Gasteiger partial charge in [-0.25, -0.2) is 0 Å². The first-order valence-corrected chi connectivity index (χ1v) is 7.09. The number of halogens is 5. The van der Waals surface area contributed by atoms with Crippen molar-refractivity contribution in [3.8, 4) is 0 Å². The van der Waals surface area contributed by atoms with E-state index in [0.717, 1.165) is 17.2 Å². The number of nitrogens with zero attached hydrogens (tertiary/aromatic N) is 1. The molecule has 1 aromatic rings. The number of allylic oxidation sites excluding steroid dienone is 1. The maximum absolute atomic E-state index is 12.9. The summed E-state index contributed by atoms with van der Waals surface area (Å²) in [4.78, 5) is 1.26. The topological polar surface area (TPSA) is 3.24 Å². The Balaban J connectivity index is 2.45. The molecule has 1 aliphatic heterocycles. The SMILES string of the molecule is CC1SC=C(C(F)(F)F)N1c1ccc(Cl)cc1Br. The van der Waals surface area contributed by atoms with E-state index in [4.69, 9.17) is 11.6 Å². The third kappa shape index (κ3) is 2.65. The van der Waals surface area contributed by atoms with Crippen molar-refractivity contribution in [3.63, 3.8) is 0 Å². The van der Waals surface area contributed by atoms with E-state index in [1.807, 2.05) is 0 Å². The number of thioether (sulfide) groups is 1. The fourth-order valence-electron chi connectivity index (χ4n) is 1.68. The molecule has 0 amide bonds. The maximum atomic E-state index is 12.9. The van der Waals surface area contributed by atoms with Gasteiger partial charge in [-0.3, -0.25) is 0 Å². The molecule has 0 N–H and O–H groups in total. The van der Waals surface area contributed by atoms with Crippen LogP contribution in [0.2, 0.25) is 5.02 Å². The van der Waals surface area contributed by atoms with Gasteiger partial charge in [0, 0.05) is 14.9 Å². The van der Waals surface area contributed by atoms with E-state index in [9.17, 15) is 13.2 Å². The van der Waals surface area contributed by atoms with Crippen LogP contribution < -0.4 is 4.90 Å². The molecule has 0 bridgehead atoms. The number of hydrogen-bond acceptors (Lipinski definition) is 2. The standard InChI is InChI=1S/C11H8BrClF3NS/c1-6-17(10(5-18-6)11(14,15)16)9-3-2-7(13)4-8(9)12/h2-6H,1H3. The van der Waals surface area contributed by atoms with Crippen molar-refractivity contribution in [1.29, 1.82) is 0 Å². The van der Waals surface area contributed by atoms with Crippen LogP contribution in [0.1, 0.15) is 6.92 Å². The summed E-state index contributed by atoms with van der Waals surface area (Å²) in [5.74, 6) is 0. The summed E-state index contributed by atoms with van der Waals surface area (Å²) in [5, 5.41) is 1.31. The van der Waals surface area contributed by atoms with Crippen molar-refractivity contribution in [2.24, 2.45) is 0 Å². The molecule has 98 valence electrons. The Morgan fingerprint density at radius 2 is 2.06 bits per heavy atom. The molecule has 0 radical (unpaired) electrons. The number of alkyl halides is 3. The highest BCUT2D eigenvalue weighted by Gasteiger charge is 2.43. The van der Waals surface area contributed by atoms with Gasteiger partial charge in [0.2, 0.25) is 0 Å². The number of anilines is 1. The molecule has 1 heterocycles. The quantitative estimate of drug-likeness (QED) is 0.661. The van der Waals surface area contributed by atoms with Gasteiger partial charge in [0.25, 0.3) is 0 Å². The van der Waals surface area contributed by atoms with Crippen LogP contribution in [-0.4, -0.2) is 11.6 Å². The van der Waals surface area contributed by atoms with Gasteiger partial charge >= 0.3 is 6.18 Å². The van der Waals surface area contributed by atoms with Crippen molar-refractivity contribution in [2.45, 2.75) is 18.5 Å². The lowest BCUT2D eigenvalue weighted by Crippen LogP contribution is -2.33. The Kier molecular flexibility index (Phi) is 3.90. The van der Waals surface area contributed by atoms with Crippen molar-refractivity contribution in [3.05, 3.63) is 38.8 Å². The minimum Gasteiger partial charge on any atom is -0.323 e. The van der Waals surface area contributed by atoms with Crippen LogP contribution in [0.25, 0.3) is 0 Å². The number of hydrogen-bond donors (Lipinski definition) is 0. The van der Waals surface area contributed by atoms with Crippen LogP contribution in [-0.2, 0) is 0 Å². The van der Waals surface area contributed by atoms with Crippen LogP contribution in [0.3, 0.4) is 0 Å². The second-order valence-electron chi connectivity index (χ2n) is 3.70. The van der Waals surface area contributed by atoms with Crippen molar-refractivity contribution in [2.75, 3.05) is 4.90 Å². The molecule has 1 unspecified atom stereocenters. The summed E-state index contributed by atoms with van der Waals surface area (Å²) < 4.78 is 39.3. The zero-order chi connectivity index (χ0) is 13.5. The molecule has 2 rings (SSSR count). The van der Waals surface area contributed by atoms with Crippen LogP contribution in [0.4, 0.5) is 18.9 Å². The summed E-state index contributed by atoms with van der Waals surface area (Å²) >= 11 is 10.2. The van der Waals surface area contributed by atoms with E-state index >= 15 is 0 Å². The summed E-state index contributed by atoms with van der Waals surface area (Å²) in [5.41, 5.74) is -0.191. The molecule has 0 spiro atoms. The molecule has 7 heteroatoms. The van der Waals surface area contributed by atoms with Crippen molar-refractivity contribution < 1.29 is 13.2 Å². The first kappa shape index (κ1) is 14.1. The third-order valence-electron chi connectivity index (χ3n) is 2.46. The molecular weight excluding hydrogens is 351 g/mol. The molecule has 18 heavy (non-hydrogen) atoms. The Morgan fingerprint density at radius 1 is 1.39 bits per heavy atom. The van der Waals surface area contributed by atoms with Crippen LogP contribution in [0.5, 0.6) is 0 Å². The van der Waals surface area contributed by atoms with E-state index in [1.165, 1.54) is 4.90 Å². The van der Waals surface area contributed by atoms with Gasteiger partial charge in [-0.15, -0.1) is 11.8 Å². The zero-order valence-corrected chi connectivity index (χ0v) is 12.3. The van der Waals surface area contributed by atoms with Crippen molar-refractivity contribution in [1.82, 2.24) is 0 Å². The van der Waals surface area contributed by atoms with Crippen LogP contribution in [0, 0.1) is 0 Å². The lowest BCUT2D eigenvalue weighted by Gasteiger charge is -2.28. The van der Waals surface area contributed by atoms with Gasteiger partial charge in [0.1, 0.15) is 5.70 Å². The highest BCUT2D eigenvalue weighted by atomic mass is 79.9. The minimum absolute atomic E-state index is 0.306. The molecule has 0 aliphatic carbocycles. The lowest BCUT2D eigenvalue weighted by molar-refractivity contribution is -0.0929. The molecule has 0 aromatic heterocycles. The highest BCUT2D eigenvalue weighted by molar-refractivity contribution is 9.10. The van der Waals surface area contributed by atoms with Gasteiger partial charge < -0.3 is 4.90 Å². The van der Waals surface area contributed by atoms with E-state index in [0.29, 0.717) is 15.2 Å². The summed E-state index contributed by atoms with van der Waals surface area (Å²) in [6, 6.07) is 4.74. The Hall–Kier alpha value is -0.330. The smallest absolute Gasteiger partial charge is 0.323 e. The highest BCUT2D eigenvalue weighted by Crippen LogP contribution is 2.45. The fourth-order valence-corrected chi connectivity index (χ4v) is 3.48. The Labute approximate surface area is 120 Å². The largest absolute Gasteiger partial charge is 0.431 e. The average Bonchev–Trinajstić information content (AvgIpc) is 2.60. The predicted molar refractivity (Wildman–Crippen MR) is 72.8 cm³/mol. The normalized spacial score (nSPS) is 20.2.